The van der Waals surface area contributed by atoms with E-state index in [2.05, 4.69) is 10.5 Å². The summed E-state index contributed by atoms with van der Waals surface area (Å²) in [4.78, 5) is 10.8. The Kier molecular flexibility index (Phi) is 4.37. The monoisotopic (exact) mass is 304 g/mol. The van der Waals surface area contributed by atoms with Gasteiger partial charge < -0.3 is 5.11 Å². The number of nitrogens with zero attached hydrogens (tertiary/aromatic N) is 1. The molecule has 0 spiro atoms. The quantitative estimate of drug-likeness (QED) is 0.382. The molecule has 5 heteroatoms. The van der Waals surface area contributed by atoms with Gasteiger partial charge in [-0.15, -0.1) is 0 Å². The number of carbonyl (C=O) groups is 1. The summed E-state index contributed by atoms with van der Waals surface area (Å²) in [5.41, 5.74) is 2.89. The summed E-state index contributed by atoms with van der Waals surface area (Å²) >= 11 is 1.94. The first-order valence-corrected chi connectivity index (χ1v) is 5.42. The number of phenolic OH excluding ortho intramolecular Hbond substituents is 1. The fourth-order valence-corrected chi connectivity index (χ4v) is 0.971. The minimum atomic E-state index is -0.169. The Labute approximate surface area is 95.2 Å². The number of amides is 1. The number of hydrazone groups is 1. The van der Waals surface area contributed by atoms with Crippen molar-refractivity contribution < 1.29 is 9.90 Å². The van der Waals surface area contributed by atoms with E-state index in [-0.39, 0.29) is 11.7 Å². The second-order valence-electron chi connectivity index (χ2n) is 2.49. The van der Waals surface area contributed by atoms with Crippen LogP contribution in [0.3, 0.4) is 0 Å². The number of alkyl halides is 1. The molecule has 1 amide bonds. The molecule has 0 unspecified atom stereocenters. The molecule has 0 heterocycles. The van der Waals surface area contributed by atoms with Crippen molar-refractivity contribution in [3.8, 4) is 5.75 Å². The molecule has 74 valence electrons. The van der Waals surface area contributed by atoms with E-state index in [1.54, 1.807) is 24.3 Å². The maximum absolute atomic E-state index is 10.8. The van der Waals surface area contributed by atoms with Gasteiger partial charge in [0.15, 0.2) is 0 Å². The summed E-state index contributed by atoms with van der Waals surface area (Å²) in [6.07, 6.45) is 1.40. The summed E-state index contributed by atoms with van der Waals surface area (Å²) in [6, 6.07) is 6.76. The summed E-state index contributed by atoms with van der Waals surface area (Å²) in [5, 5.41) is 13.0. The average molecular weight is 304 g/mol. The van der Waals surface area contributed by atoms with E-state index in [0.29, 0.717) is 9.99 Å². The zero-order valence-corrected chi connectivity index (χ0v) is 9.43. The predicted molar refractivity (Wildman–Crippen MR) is 62.7 cm³/mol. The highest BCUT2D eigenvalue weighted by atomic mass is 127. The highest BCUT2D eigenvalue weighted by Gasteiger charge is 1.96. The molecule has 0 radical (unpaired) electrons. The molecule has 0 aliphatic heterocycles. The number of halogens is 1. The van der Waals surface area contributed by atoms with Crippen LogP contribution >= 0.6 is 22.6 Å². The van der Waals surface area contributed by atoms with E-state index in [9.17, 15) is 9.90 Å². The summed E-state index contributed by atoms with van der Waals surface area (Å²) in [7, 11) is 0. The maximum atomic E-state index is 10.8. The Hall–Kier alpha value is -1.11. The molecule has 2 N–H and O–H groups in total. The van der Waals surface area contributed by atoms with Gasteiger partial charge in [-0.25, -0.2) is 5.43 Å². The highest BCUT2D eigenvalue weighted by molar-refractivity contribution is 14.1. The molecule has 1 aromatic rings. The Bertz CT molecular complexity index is 352. The minimum Gasteiger partial charge on any atom is -0.507 e. The van der Waals surface area contributed by atoms with Gasteiger partial charge in [0.25, 0.3) is 0 Å². The third-order valence-corrected chi connectivity index (χ3v) is 2.14. The summed E-state index contributed by atoms with van der Waals surface area (Å²) in [6.45, 7) is 0. The van der Waals surface area contributed by atoms with Gasteiger partial charge in [-0.1, -0.05) is 34.7 Å². The number of benzene rings is 1. The van der Waals surface area contributed by atoms with Crippen molar-refractivity contribution in [2.45, 2.75) is 0 Å². The molecule has 1 aromatic carbocycles. The standard InChI is InChI=1S/C9H9IN2O2/c10-5-9(14)12-11-6-7-3-1-2-4-8(7)13/h1-4,6,13H,5H2,(H,12,14)/b11-6+. The van der Waals surface area contributed by atoms with Crippen molar-refractivity contribution >= 4 is 34.7 Å². The highest BCUT2D eigenvalue weighted by Crippen LogP contribution is 2.12. The number of aromatic hydroxyl groups is 1. The first-order chi connectivity index (χ1) is 6.74. The van der Waals surface area contributed by atoms with Crippen molar-refractivity contribution in [3.05, 3.63) is 29.8 Å². The first-order valence-electron chi connectivity index (χ1n) is 3.90. The van der Waals surface area contributed by atoms with Crippen molar-refractivity contribution in [3.63, 3.8) is 0 Å². The van der Waals surface area contributed by atoms with Crippen LogP contribution in [0.5, 0.6) is 5.75 Å². The fraction of sp³-hybridized carbons (Fsp3) is 0.111. The number of hydrogen-bond donors (Lipinski definition) is 2. The number of hydrogen-bond acceptors (Lipinski definition) is 3. The van der Waals surface area contributed by atoms with Crippen LogP contribution in [0.25, 0.3) is 0 Å². The molecule has 0 bridgehead atoms. The van der Waals surface area contributed by atoms with Gasteiger partial charge >= 0.3 is 0 Å². The van der Waals surface area contributed by atoms with Crippen LogP contribution in [0.1, 0.15) is 5.56 Å². The molecule has 4 nitrogen and oxygen atoms in total. The average Bonchev–Trinajstić information content (AvgIpc) is 2.20. The lowest BCUT2D eigenvalue weighted by Crippen LogP contribution is -2.18. The molecule has 1 rings (SSSR count). The summed E-state index contributed by atoms with van der Waals surface area (Å²) < 4.78 is 0.357. The zero-order valence-electron chi connectivity index (χ0n) is 7.27. The number of nitrogens with one attached hydrogen (secondary N) is 1. The Balaban J connectivity index is 2.60. The van der Waals surface area contributed by atoms with Crippen molar-refractivity contribution in [1.82, 2.24) is 5.43 Å². The maximum Gasteiger partial charge on any atom is 0.249 e. The molecule has 0 fully saturated rings. The fourth-order valence-electron chi connectivity index (χ4n) is 0.800. The van der Waals surface area contributed by atoms with Gasteiger partial charge in [0.05, 0.1) is 10.6 Å². The minimum absolute atomic E-state index is 0.139. The second-order valence-corrected chi connectivity index (χ2v) is 3.25. The summed E-state index contributed by atoms with van der Waals surface area (Å²) in [5.74, 6) is -0.0303. The van der Waals surface area contributed by atoms with Crippen LogP contribution in [-0.4, -0.2) is 21.7 Å². The van der Waals surface area contributed by atoms with Crippen LogP contribution < -0.4 is 5.43 Å². The largest absolute Gasteiger partial charge is 0.507 e. The second kappa shape index (κ2) is 5.58. The van der Waals surface area contributed by atoms with Gasteiger partial charge in [0.1, 0.15) is 5.75 Å². The zero-order chi connectivity index (χ0) is 10.4. The van der Waals surface area contributed by atoms with Crippen molar-refractivity contribution in [1.29, 1.82) is 0 Å². The van der Waals surface area contributed by atoms with Crippen LogP contribution in [0, 0.1) is 0 Å². The lowest BCUT2D eigenvalue weighted by molar-refractivity contribution is -0.118. The molecular formula is C9H9IN2O2. The van der Waals surface area contributed by atoms with Crippen LogP contribution in [0.2, 0.25) is 0 Å². The lowest BCUT2D eigenvalue weighted by atomic mass is 10.2. The van der Waals surface area contributed by atoms with E-state index < -0.39 is 0 Å². The van der Waals surface area contributed by atoms with Gasteiger partial charge in [0.2, 0.25) is 5.91 Å². The van der Waals surface area contributed by atoms with Gasteiger partial charge in [-0.2, -0.15) is 5.10 Å². The van der Waals surface area contributed by atoms with Gasteiger partial charge in [-0.3, -0.25) is 4.79 Å². The van der Waals surface area contributed by atoms with Crippen LogP contribution in [0.15, 0.2) is 29.4 Å². The lowest BCUT2D eigenvalue weighted by Gasteiger charge is -1.97. The Morgan fingerprint density at radius 1 is 1.57 bits per heavy atom. The SMILES string of the molecule is O=C(CI)N/N=C/c1ccccc1O. The molecule has 0 aliphatic carbocycles. The molecule has 0 saturated carbocycles. The third kappa shape index (κ3) is 3.33. The molecule has 0 aromatic heterocycles. The third-order valence-electron chi connectivity index (χ3n) is 1.45. The first kappa shape index (κ1) is 11.0. The topological polar surface area (TPSA) is 61.7 Å². The number of para-hydroxylation sites is 1. The normalized spacial score (nSPS) is 10.4. The Morgan fingerprint density at radius 3 is 2.93 bits per heavy atom. The van der Waals surface area contributed by atoms with E-state index in [4.69, 9.17) is 0 Å². The molecular weight excluding hydrogens is 295 g/mol. The Morgan fingerprint density at radius 2 is 2.29 bits per heavy atom. The van der Waals surface area contributed by atoms with E-state index in [1.165, 1.54) is 6.21 Å². The van der Waals surface area contributed by atoms with E-state index >= 15 is 0 Å². The van der Waals surface area contributed by atoms with Crippen LogP contribution in [0.4, 0.5) is 0 Å². The molecule has 0 atom stereocenters. The number of rotatable bonds is 3. The van der Waals surface area contributed by atoms with Crippen molar-refractivity contribution in [2.75, 3.05) is 4.43 Å². The van der Waals surface area contributed by atoms with Crippen LogP contribution in [-0.2, 0) is 4.79 Å². The predicted octanol–water partition coefficient (Wildman–Crippen LogP) is 1.28. The molecule has 0 saturated heterocycles. The smallest absolute Gasteiger partial charge is 0.249 e. The molecule has 0 aliphatic rings. The number of carbonyl (C=O) groups excluding carboxylic acids is 1. The number of phenols is 1. The van der Waals surface area contributed by atoms with Gasteiger partial charge in [-0.05, 0) is 12.1 Å². The van der Waals surface area contributed by atoms with E-state index in [0.717, 1.165) is 0 Å². The van der Waals surface area contributed by atoms with Crippen molar-refractivity contribution in [2.24, 2.45) is 5.10 Å². The van der Waals surface area contributed by atoms with E-state index in [1.807, 2.05) is 22.6 Å². The van der Waals surface area contributed by atoms with Gasteiger partial charge in [0, 0.05) is 5.56 Å². The molecule has 14 heavy (non-hydrogen) atoms.